The average Bonchev–Trinajstić information content (AvgIpc) is 2.53. The van der Waals surface area contributed by atoms with Crippen LogP contribution in [0.1, 0.15) is 11.7 Å². The molecule has 0 fully saturated rings. The third-order valence-electron chi connectivity index (χ3n) is 3.23. The molecule has 0 bridgehead atoms. The summed E-state index contributed by atoms with van der Waals surface area (Å²) in [6.45, 7) is 0. The average molecular weight is 360 g/mol. The topological polar surface area (TPSA) is 33.1 Å². The van der Waals surface area contributed by atoms with Crippen molar-refractivity contribution in [2.45, 2.75) is 11.0 Å². The number of hydrogen-bond donors (Lipinski definition) is 1. The molecule has 1 heterocycles. The molecule has 0 saturated heterocycles. The second-order valence-electron chi connectivity index (χ2n) is 4.74. The van der Waals surface area contributed by atoms with Gasteiger partial charge in [0.15, 0.2) is 0 Å². The van der Waals surface area contributed by atoms with E-state index in [2.05, 4.69) is 20.9 Å². The summed E-state index contributed by atoms with van der Waals surface area (Å²) in [5.74, 6) is 0.632. The van der Waals surface area contributed by atoms with Gasteiger partial charge in [-0.05, 0) is 48.0 Å². The first-order chi connectivity index (χ1) is 10.2. The van der Waals surface area contributed by atoms with Crippen LogP contribution in [0.25, 0.3) is 10.9 Å². The standard InChI is InChI=1S/C17H14BrNOS/c18-14-4-6-15(7-5-14)21-11-17(20)13-3-8-16-12(10-13)2-1-9-19-16/h1-10,17,20H,11H2. The van der Waals surface area contributed by atoms with Crippen LogP contribution in [0.4, 0.5) is 0 Å². The molecule has 3 rings (SSSR count). The molecule has 1 atom stereocenters. The van der Waals surface area contributed by atoms with Gasteiger partial charge in [-0.3, -0.25) is 4.98 Å². The van der Waals surface area contributed by atoms with Gasteiger partial charge in [0.05, 0.1) is 11.6 Å². The van der Waals surface area contributed by atoms with Crippen molar-refractivity contribution in [2.24, 2.45) is 0 Å². The fourth-order valence-corrected chi connectivity index (χ4v) is 3.24. The van der Waals surface area contributed by atoms with Gasteiger partial charge in [0.1, 0.15) is 0 Å². The molecule has 1 N–H and O–H groups in total. The summed E-state index contributed by atoms with van der Waals surface area (Å²) in [7, 11) is 0. The van der Waals surface area contributed by atoms with Gasteiger partial charge in [-0.1, -0.05) is 28.1 Å². The molecular formula is C17H14BrNOS. The molecule has 1 aromatic heterocycles. The summed E-state index contributed by atoms with van der Waals surface area (Å²) in [6.07, 6.45) is 1.30. The van der Waals surface area contributed by atoms with Gasteiger partial charge in [0, 0.05) is 26.7 Å². The predicted octanol–water partition coefficient (Wildman–Crippen LogP) is 4.82. The zero-order valence-electron chi connectivity index (χ0n) is 11.2. The van der Waals surface area contributed by atoms with Crippen LogP contribution in [0.3, 0.4) is 0 Å². The Kier molecular flexibility index (Phi) is 4.58. The lowest BCUT2D eigenvalue weighted by molar-refractivity contribution is 0.204. The van der Waals surface area contributed by atoms with Crippen LogP contribution in [-0.4, -0.2) is 15.8 Å². The lowest BCUT2D eigenvalue weighted by Gasteiger charge is -2.11. The number of halogens is 1. The second-order valence-corrected chi connectivity index (χ2v) is 6.75. The van der Waals surface area contributed by atoms with Crippen molar-refractivity contribution in [1.82, 2.24) is 4.98 Å². The van der Waals surface area contributed by atoms with Crippen molar-refractivity contribution >= 4 is 38.6 Å². The summed E-state index contributed by atoms with van der Waals surface area (Å²) in [6, 6.07) is 18.0. The van der Waals surface area contributed by atoms with Gasteiger partial charge in [-0.2, -0.15) is 0 Å². The van der Waals surface area contributed by atoms with Crippen molar-refractivity contribution in [2.75, 3.05) is 5.75 Å². The number of aliphatic hydroxyl groups is 1. The van der Waals surface area contributed by atoms with Crippen LogP contribution in [0, 0.1) is 0 Å². The first-order valence-corrected chi connectivity index (χ1v) is 8.41. The number of aromatic nitrogens is 1. The quantitative estimate of drug-likeness (QED) is 0.677. The van der Waals surface area contributed by atoms with E-state index in [-0.39, 0.29) is 0 Å². The van der Waals surface area contributed by atoms with E-state index in [0.717, 1.165) is 25.8 Å². The highest BCUT2D eigenvalue weighted by atomic mass is 79.9. The van der Waals surface area contributed by atoms with Crippen molar-refractivity contribution in [1.29, 1.82) is 0 Å². The number of fused-ring (bicyclic) bond motifs is 1. The molecule has 2 aromatic carbocycles. The Bertz CT molecular complexity index is 745. The van der Waals surface area contributed by atoms with Crippen LogP contribution in [-0.2, 0) is 0 Å². The van der Waals surface area contributed by atoms with E-state index in [9.17, 15) is 5.11 Å². The van der Waals surface area contributed by atoms with E-state index in [1.165, 1.54) is 0 Å². The number of thioether (sulfide) groups is 1. The van der Waals surface area contributed by atoms with Gasteiger partial charge >= 0.3 is 0 Å². The molecule has 0 amide bonds. The van der Waals surface area contributed by atoms with Crippen LogP contribution in [0.5, 0.6) is 0 Å². The van der Waals surface area contributed by atoms with Gasteiger partial charge in [0.25, 0.3) is 0 Å². The number of hydrogen-bond acceptors (Lipinski definition) is 3. The highest BCUT2D eigenvalue weighted by molar-refractivity contribution is 9.10. The van der Waals surface area contributed by atoms with Gasteiger partial charge in [0.2, 0.25) is 0 Å². The highest BCUT2D eigenvalue weighted by Crippen LogP contribution is 2.27. The third-order valence-corrected chi connectivity index (χ3v) is 4.85. The minimum Gasteiger partial charge on any atom is -0.388 e. The number of benzene rings is 2. The van der Waals surface area contributed by atoms with Crippen LogP contribution in [0.2, 0.25) is 0 Å². The maximum atomic E-state index is 10.3. The lowest BCUT2D eigenvalue weighted by Crippen LogP contribution is -2.00. The first-order valence-electron chi connectivity index (χ1n) is 6.63. The minimum atomic E-state index is -0.483. The monoisotopic (exact) mass is 359 g/mol. The Morgan fingerprint density at radius 1 is 1.10 bits per heavy atom. The molecule has 1 unspecified atom stereocenters. The Morgan fingerprint density at radius 2 is 1.90 bits per heavy atom. The molecule has 0 radical (unpaired) electrons. The molecule has 0 aliphatic heterocycles. The van der Waals surface area contributed by atoms with Crippen LogP contribution >= 0.6 is 27.7 Å². The summed E-state index contributed by atoms with van der Waals surface area (Å²) >= 11 is 5.07. The summed E-state index contributed by atoms with van der Waals surface area (Å²) in [5.41, 5.74) is 1.88. The number of nitrogens with zero attached hydrogens (tertiary/aromatic N) is 1. The largest absolute Gasteiger partial charge is 0.388 e. The fourth-order valence-electron chi connectivity index (χ4n) is 2.10. The molecule has 4 heteroatoms. The van der Waals surface area contributed by atoms with E-state index in [4.69, 9.17) is 0 Å². The normalized spacial score (nSPS) is 12.5. The van der Waals surface area contributed by atoms with Crippen molar-refractivity contribution in [3.8, 4) is 0 Å². The van der Waals surface area contributed by atoms with Crippen molar-refractivity contribution < 1.29 is 5.11 Å². The molecule has 0 saturated carbocycles. The first kappa shape index (κ1) is 14.6. The van der Waals surface area contributed by atoms with E-state index in [1.54, 1.807) is 18.0 Å². The lowest BCUT2D eigenvalue weighted by atomic mass is 10.1. The molecule has 21 heavy (non-hydrogen) atoms. The van der Waals surface area contributed by atoms with Crippen molar-refractivity contribution in [3.63, 3.8) is 0 Å². The molecule has 0 aliphatic rings. The maximum absolute atomic E-state index is 10.3. The van der Waals surface area contributed by atoms with E-state index in [0.29, 0.717) is 5.75 Å². The minimum absolute atomic E-state index is 0.483. The summed E-state index contributed by atoms with van der Waals surface area (Å²) in [5, 5.41) is 11.4. The molecule has 0 aliphatic carbocycles. The van der Waals surface area contributed by atoms with E-state index >= 15 is 0 Å². The zero-order valence-corrected chi connectivity index (χ0v) is 13.6. The maximum Gasteiger partial charge on any atom is 0.0884 e. The Balaban J connectivity index is 1.71. The molecule has 106 valence electrons. The van der Waals surface area contributed by atoms with Gasteiger partial charge < -0.3 is 5.11 Å². The van der Waals surface area contributed by atoms with E-state index < -0.39 is 6.10 Å². The molecule has 3 aromatic rings. The third kappa shape index (κ3) is 3.64. The Hall–Kier alpha value is -1.36. The number of rotatable bonds is 4. The van der Waals surface area contributed by atoms with Crippen molar-refractivity contribution in [3.05, 3.63) is 70.8 Å². The van der Waals surface area contributed by atoms with Gasteiger partial charge in [-0.15, -0.1) is 11.8 Å². The zero-order chi connectivity index (χ0) is 14.7. The van der Waals surface area contributed by atoms with E-state index in [1.807, 2.05) is 54.6 Å². The smallest absolute Gasteiger partial charge is 0.0884 e. The number of pyridine rings is 1. The fraction of sp³-hybridized carbons (Fsp3) is 0.118. The van der Waals surface area contributed by atoms with Crippen LogP contribution in [0.15, 0.2) is 70.2 Å². The number of aliphatic hydroxyl groups excluding tert-OH is 1. The molecule has 2 nitrogen and oxygen atoms in total. The second kappa shape index (κ2) is 6.60. The summed E-state index contributed by atoms with van der Waals surface area (Å²) in [4.78, 5) is 5.44. The predicted molar refractivity (Wildman–Crippen MR) is 91.6 cm³/mol. The highest BCUT2D eigenvalue weighted by Gasteiger charge is 2.09. The molecular weight excluding hydrogens is 346 g/mol. The SMILES string of the molecule is OC(CSc1ccc(Br)cc1)c1ccc2ncccc2c1. The Labute approximate surface area is 136 Å². The molecule has 0 spiro atoms. The van der Waals surface area contributed by atoms with Crippen LogP contribution < -0.4 is 0 Å². The Morgan fingerprint density at radius 3 is 2.71 bits per heavy atom. The van der Waals surface area contributed by atoms with Gasteiger partial charge in [-0.25, -0.2) is 0 Å². The summed E-state index contributed by atoms with van der Waals surface area (Å²) < 4.78 is 1.06.